The van der Waals surface area contributed by atoms with E-state index in [1.165, 1.54) is 19.2 Å². The van der Waals surface area contributed by atoms with Gasteiger partial charge in [-0.05, 0) is 61.0 Å². The van der Waals surface area contributed by atoms with Crippen molar-refractivity contribution in [1.82, 2.24) is 10.2 Å². The molecule has 26 heavy (non-hydrogen) atoms. The van der Waals surface area contributed by atoms with Gasteiger partial charge >= 0.3 is 0 Å². The Morgan fingerprint density at radius 1 is 1.04 bits per heavy atom. The molecule has 6 nitrogen and oxygen atoms in total. The van der Waals surface area contributed by atoms with E-state index in [4.69, 9.17) is 4.74 Å². The standard InChI is InChI=1S/C19H17FN4O2/c1-12-3-9-17(26-2)16(11-12)22-19(25)15-8-10-18(24-23-15)21-14-6-4-13(20)5-7-14/h3-11H,1-2H3,(H,21,24)(H,22,25). The number of nitrogens with zero attached hydrogens (tertiary/aromatic N) is 2. The van der Waals surface area contributed by atoms with Gasteiger partial charge in [0.15, 0.2) is 11.5 Å². The summed E-state index contributed by atoms with van der Waals surface area (Å²) in [7, 11) is 1.54. The van der Waals surface area contributed by atoms with Crippen LogP contribution in [0.4, 0.5) is 21.6 Å². The average Bonchev–Trinajstić information content (AvgIpc) is 2.64. The predicted molar refractivity (Wildman–Crippen MR) is 97.4 cm³/mol. The summed E-state index contributed by atoms with van der Waals surface area (Å²) in [6.45, 7) is 1.92. The second-order valence-electron chi connectivity index (χ2n) is 5.59. The second-order valence-corrected chi connectivity index (χ2v) is 5.59. The highest BCUT2D eigenvalue weighted by molar-refractivity contribution is 6.03. The van der Waals surface area contributed by atoms with E-state index in [1.807, 2.05) is 19.1 Å². The van der Waals surface area contributed by atoms with E-state index in [0.717, 1.165) is 5.56 Å². The van der Waals surface area contributed by atoms with E-state index in [9.17, 15) is 9.18 Å². The van der Waals surface area contributed by atoms with Crippen LogP contribution in [0, 0.1) is 12.7 Å². The maximum atomic E-state index is 12.9. The van der Waals surface area contributed by atoms with Crippen LogP contribution in [0.5, 0.6) is 5.75 Å². The van der Waals surface area contributed by atoms with Gasteiger partial charge in [-0.25, -0.2) is 4.39 Å². The van der Waals surface area contributed by atoms with Gasteiger partial charge in [0, 0.05) is 5.69 Å². The molecule has 1 amide bonds. The molecule has 1 aromatic heterocycles. The van der Waals surface area contributed by atoms with Crippen molar-refractivity contribution in [3.8, 4) is 5.75 Å². The molecule has 2 N–H and O–H groups in total. The van der Waals surface area contributed by atoms with Crippen LogP contribution in [0.1, 0.15) is 16.1 Å². The van der Waals surface area contributed by atoms with Crippen LogP contribution in [0.25, 0.3) is 0 Å². The van der Waals surface area contributed by atoms with Crippen LogP contribution in [-0.2, 0) is 0 Å². The van der Waals surface area contributed by atoms with Gasteiger partial charge in [0.2, 0.25) is 0 Å². The van der Waals surface area contributed by atoms with Gasteiger partial charge in [0.25, 0.3) is 5.91 Å². The average molecular weight is 352 g/mol. The highest BCUT2D eigenvalue weighted by Gasteiger charge is 2.12. The van der Waals surface area contributed by atoms with E-state index >= 15 is 0 Å². The van der Waals surface area contributed by atoms with Crippen molar-refractivity contribution in [2.75, 3.05) is 17.7 Å². The van der Waals surface area contributed by atoms with Gasteiger partial charge in [0.05, 0.1) is 12.8 Å². The Hall–Kier alpha value is -3.48. The fraction of sp³-hybridized carbons (Fsp3) is 0.105. The smallest absolute Gasteiger partial charge is 0.276 e. The molecule has 7 heteroatoms. The fourth-order valence-electron chi connectivity index (χ4n) is 2.31. The number of methoxy groups -OCH3 is 1. The molecule has 3 aromatic rings. The molecule has 1 heterocycles. The number of ether oxygens (including phenoxy) is 1. The Kier molecular flexibility index (Phi) is 5.07. The van der Waals surface area contributed by atoms with E-state index in [-0.39, 0.29) is 11.5 Å². The van der Waals surface area contributed by atoms with Crippen LogP contribution in [-0.4, -0.2) is 23.2 Å². The maximum absolute atomic E-state index is 12.9. The number of aromatic nitrogens is 2. The zero-order valence-corrected chi connectivity index (χ0v) is 14.3. The largest absolute Gasteiger partial charge is 0.495 e. The molecule has 0 saturated heterocycles. The van der Waals surface area contributed by atoms with Gasteiger partial charge in [-0.15, -0.1) is 10.2 Å². The Balaban J connectivity index is 1.71. The first-order valence-corrected chi connectivity index (χ1v) is 7.87. The topological polar surface area (TPSA) is 76.1 Å². The summed E-state index contributed by atoms with van der Waals surface area (Å²) in [5.74, 6) is 0.294. The number of rotatable bonds is 5. The van der Waals surface area contributed by atoms with Crippen molar-refractivity contribution in [1.29, 1.82) is 0 Å². The van der Waals surface area contributed by atoms with Crippen LogP contribution in [0.2, 0.25) is 0 Å². The van der Waals surface area contributed by atoms with E-state index in [0.29, 0.717) is 22.9 Å². The molecule has 0 aliphatic heterocycles. The molecule has 0 aliphatic carbocycles. The molecule has 0 spiro atoms. The Bertz CT molecular complexity index is 912. The van der Waals surface area contributed by atoms with Crippen molar-refractivity contribution in [2.45, 2.75) is 6.92 Å². The number of nitrogens with one attached hydrogen (secondary N) is 2. The number of hydrogen-bond donors (Lipinski definition) is 2. The molecule has 0 bridgehead atoms. The first-order chi connectivity index (χ1) is 12.5. The lowest BCUT2D eigenvalue weighted by molar-refractivity contribution is 0.102. The Morgan fingerprint density at radius 2 is 1.81 bits per heavy atom. The highest BCUT2D eigenvalue weighted by atomic mass is 19.1. The number of benzene rings is 2. The zero-order chi connectivity index (χ0) is 18.5. The molecule has 132 valence electrons. The summed E-state index contributed by atoms with van der Waals surface area (Å²) < 4.78 is 18.2. The number of carbonyl (C=O) groups is 1. The first kappa shape index (κ1) is 17.3. The van der Waals surface area contributed by atoms with Gasteiger partial charge < -0.3 is 15.4 Å². The van der Waals surface area contributed by atoms with Crippen LogP contribution in [0.3, 0.4) is 0 Å². The van der Waals surface area contributed by atoms with Crippen LogP contribution in [0.15, 0.2) is 54.6 Å². The Labute approximate surface area is 150 Å². The number of halogens is 1. The number of carbonyl (C=O) groups excluding carboxylic acids is 1. The molecule has 0 unspecified atom stereocenters. The first-order valence-electron chi connectivity index (χ1n) is 7.87. The van der Waals surface area contributed by atoms with E-state index in [1.54, 1.807) is 30.3 Å². The third-order valence-electron chi connectivity index (χ3n) is 3.62. The fourth-order valence-corrected chi connectivity index (χ4v) is 2.31. The van der Waals surface area contributed by atoms with Crippen molar-refractivity contribution in [2.24, 2.45) is 0 Å². The van der Waals surface area contributed by atoms with Gasteiger partial charge in [-0.2, -0.15) is 0 Å². The number of aryl methyl sites for hydroxylation is 1. The molecule has 2 aromatic carbocycles. The predicted octanol–water partition coefficient (Wildman–Crippen LogP) is 3.93. The van der Waals surface area contributed by atoms with E-state index < -0.39 is 5.91 Å². The molecule has 0 atom stereocenters. The third kappa shape index (κ3) is 4.13. The maximum Gasteiger partial charge on any atom is 0.276 e. The minimum Gasteiger partial charge on any atom is -0.495 e. The van der Waals surface area contributed by atoms with Crippen molar-refractivity contribution >= 4 is 23.1 Å². The number of amides is 1. The highest BCUT2D eigenvalue weighted by Crippen LogP contribution is 2.25. The van der Waals surface area contributed by atoms with Gasteiger partial charge in [0.1, 0.15) is 11.6 Å². The SMILES string of the molecule is COc1ccc(C)cc1NC(=O)c1ccc(Nc2ccc(F)cc2)nn1. The molecular formula is C19H17FN4O2. The monoisotopic (exact) mass is 352 g/mol. The molecule has 3 rings (SSSR count). The zero-order valence-electron chi connectivity index (χ0n) is 14.3. The summed E-state index contributed by atoms with van der Waals surface area (Å²) in [6, 6.07) is 14.5. The number of hydrogen-bond acceptors (Lipinski definition) is 5. The summed E-state index contributed by atoms with van der Waals surface area (Å²) in [6.07, 6.45) is 0. The molecular weight excluding hydrogens is 335 g/mol. The summed E-state index contributed by atoms with van der Waals surface area (Å²) in [4.78, 5) is 12.4. The third-order valence-corrected chi connectivity index (χ3v) is 3.62. The minimum atomic E-state index is -0.394. The van der Waals surface area contributed by atoms with E-state index in [2.05, 4.69) is 20.8 Å². The molecule has 0 saturated carbocycles. The summed E-state index contributed by atoms with van der Waals surface area (Å²) >= 11 is 0. The lowest BCUT2D eigenvalue weighted by atomic mass is 10.2. The Morgan fingerprint density at radius 3 is 2.46 bits per heavy atom. The molecule has 0 aliphatic rings. The lowest BCUT2D eigenvalue weighted by Crippen LogP contribution is -2.15. The summed E-state index contributed by atoms with van der Waals surface area (Å²) in [5, 5.41) is 13.6. The quantitative estimate of drug-likeness (QED) is 0.728. The summed E-state index contributed by atoms with van der Waals surface area (Å²) in [5.41, 5.74) is 2.39. The second kappa shape index (κ2) is 7.60. The van der Waals surface area contributed by atoms with Crippen molar-refractivity contribution in [3.05, 3.63) is 71.7 Å². The molecule has 0 fully saturated rings. The van der Waals surface area contributed by atoms with Crippen LogP contribution < -0.4 is 15.4 Å². The normalized spacial score (nSPS) is 10.3. The van der Waals surface area contributed by atoms with Crippen molar-refractivity contribution in [3.63, 3.8) is 0 Å². The lowest BCUT2D eigenvalue weighted by Gasteiger charge is -2.11. The number of anilines is 3. The van der Waals surface area contributed by atoms with Gasteiger partial charge in [-0.1, -0.05) is 6.07 Å². The van der Waals surface area contributed by atoms with Crippen LogP contribution >= 0.6 is 0 Å². The minimum absolute atomic E-state index is 0.165. The molecule has 0 radical (unpaired) electrons. The van der Waals surface area contributed by atoms with Crippen molar-refractivity contribution < 1.29 is 13.9 Å². The van der Waals surface area contributed by atoms with Gasteiger partial charge in [-0.3, -0.25) is 4.79 Å².